The van der Waals surface area contributed by atoms with E-state index in [9.17, 15) is 0 Å². The van der Waals surface area contributed by atoms with Gasteiger partial charge in [-0.15, -0.1) is 11.6 Å². The number of nitrogens with one attached hydrogen (secondary N) is 1. The van der Waals surface area contributed by atoms with Gasteiger partial charge in [-0.2, -0.15) is 0 Å². The van der Waals surface area contributed by atoms with Crippen molar-refractivity contribution in [2.45, 2.75) is 6.42 Å². The molecule has 0 bridgehead atoms. The molecule has 0 spiro atoms. The molecule has 0 fully saturated rings. The standard InChI is InChI=1S/C15H17ClN2/c16-9-1-2-10-17-12-8-14-6-3-5-13-7-4-11-18-15(13)14/h1-7,11,17H,8-10,12H2/b2-1+. The van der Waals surface area contributed by atoms with Gasteiger partial charge in [0.15, 0.2) is 0 Å². The molecule has 1 heterocycles. The number of aromatic nitrogens is 1. The van der Waals surface area contributed by atoms with Crippen molar-refractivity contribution in [2.75, 3.05) is 19.0 Å². The van der Waals surface area contributed by atoms with E-state index in [0.717, 1.165) is 25.0 Å². The average Bonchev–Trinajstić information content (AvgIpc) is 2.43. The maximum atomic E-state index is 5.55. The summed E-state index contributed by atoms with van der Waals surface area (Å²) in [5.74, 6) is 0.578. The third kappa shape index (κ3) is 3.56. The molecule has 0 saturated heterocycles. The molecule has 0 amide bonds. The van der Waals surface area contributed by atoms with E-state index in [-0.39, 0.29) is 0 Å². The lowest BCUT2D eigenvalue weighted by atomic mass is 10.1. The Morgan fingerprint density at radius 1 is 1.17 bits per heavy atom. The topological polar surface area (TPSA) is 24.9 Å². The Labute approximate surface area is 113 Å². The Kier molecular flexibility index (Phi) is 5.18. The van der Waals surface area contributed by atoms with Gasteiger partial charge in [0.25, 0.3) is 0 Å². The van der Waals surface area contributed by atoms with Gasteiger partial charge >= 0.3 is 0 Å². The molecule has 1 aromatic carbocycles. The zero-order chi connectivity index (χ0) is 12.6. The highest BCUT2D eigenvalue weighted by Gasteiger charge is 2.00. The molecule has 2 nitrogen and oxygen atoms in total. The molecule has 0 saturated carbocycles. The van der Waals surface area contributed by atoms with Crippen molar-refractivity contribution < 1.29 is 0 Å². The van der Waals surface area contributed by atoms with Crippen molar-refractivity contribution in [3.8, 4) is 0 Å². The normalized spacial score (nSPS) is 11.4. The van der Waals surface area contributed by atoms with Gasteiger partial charge in [-0.3, -0.25) is 4.98 Å². The first-order valence-electron chi connectivity index (χ1n) is 6.16. The molecule has 2 rings (SSSR count). The molecule has 18 heavy (non-hydrogen) atoms. The summed E-state index contributed by atoms with van der Waals surface area (Å²) in [7, 11) is 0. The Bertz CT molecular complexity index is 517. The van der Waals surface area contributed by atoms with E-state index in [0.29, 0.717) is 5.88 Å². The first-order valence-corrected chi connectivity index (χ1v) is 6.69. The van der Waals surface area contributed by atoms with Crippen molar-refractivity contribution in [3.05, 3.63) is 54.2 Å². The predicted octanol–water partition coefficient (Wildman–Crippen LogP) is 3.16. The van der Waals surface area contributed by atoms with E-state index in [1.54, 1.807) is 0 Å². The van der Waals surface area contributed by atoms with Gasteiger partial charge in [0.1, 0.15) is 0 Å². The molecule has 94 valence electrons. The molecule has 1 aromatic heterocycles. The highest BCUT2D eigenvalue weighted by Crippen LogP contribution is 2.15. The van der Waals surface area contributed by atoms with Crippen molar-refractivity contribution in [2.24, 2.45) is 0 Å². The lowest BCUT2D eigenvalue weighted by molar-refractivity contribution is 0.746. The summed E-state index contributed by atoms with van der Waals surface area (Å²) >= 11 is 5.55. The minimum Gasteiger partial charge on any atom is -0.313 e. The number of allylic oxidation sites excluding steroid dienone is 1. The molecule has 2 aromatic rings. The number of pyridine rings is 1. The van der Waals surface area contributed by atoms with E-state index >= 15 is 0 Å². The molecule has 0 unspecified atom stereocenters. The molecular formula is C15H17ClN2. The van der Waals surface area contributed by atoms with Gasteiger partial charge in [0.2, 0.25) is 0 Å². The number of fused-ring (bicyclic) bond motifs is 1. The second-order valence-electron chi connectivity index (χ2n) is 4.07. The minimum absolute atomic E-state index is 0.578. The maximum absolute atomic E-state index is 5.55. The summed E-state index contributed by atoms with van der Waals surface area (Å²) in [5.41, 5.74) is 2.40. The Hall–Kier alpha value is -1.38. The lowest BCUT2D eigenvalue weighted by Crippen LogP contribution is -2.17. The summed E-state index contributed by atoms with van der Waals surface area (Å²) in [6.45, 7) is 1.81. The molecule has 1 N–H and O–H groups in total. The van der Waals surface area contributed by atoms with Crippen LogP contribution in [0.2, 0.25) is 0 Å². The van der Waals surface area contributed by atoms with Gasteiger partial charge in [0.05, 0.1) is 5.52 Å². The van der Waals surface area contributed by atoms with Gasteiger partial charge < -0.3 is 5.32 Å². The zero-order valence-electron chi connectivity index (χ0n) is 10.3. The third-order valence-electron chi connectivity index (χ3n) is 2.81. The Balaban J connectivity index is 1.93. The molecule has 0 aliphatic heterocycles. The fraction of sp³-hybridized carbons (Fsp3) is 0.267. The second-order valence-corrected chi connectivity index (χ2v) is 4.38. The van der Waals surface area contributed by atoms with Crippen LogP contribution in [0.4, 0.5) is 0 Å². The van der Waals surface area contributed by atoms with Crippen molar-refractivity contribution in [3.63, 3.8) is 0 Å². The van der Waals surface area contributed by atoms with Crippen molar-refractivity contribution in [1.29, 1.82) is 0 Å². The second kappa shape index (κ2) is 7.14. The SMILES string of the molecule is ClC/C=C/CNCCc1cccc2cccnc12. The highest BCUT2D eigenvalue weighted by atomic mass is 35.5. The summed E-state index contributed by atoms with van der Waals surface area (Å²) in [4.78, 5) is 4.45. The first-order chi connectivity index (χ1) is 8.92. The van der Waals surface area contributed by atoms with Crippen LogP contribution in [0.1, 0.15) is 5.56 Å². The van der Waals surface area contributed by atoms with Crippen LogP contribution in [0.25, 0.3) is 10.9 Å². The monoisotopic (exact) mass is 260 g/mol. The van der Waals surface area contributed by atoms with Gasteiger partial charge in [-0.25, -0.2) is 0 Å². The van der Waals surface area contributed by atoms with Crippen LogP contribution >= 0.6 is 11.6 Å². The van der Waals surface area contributed by atoms with Crippen LogP contribution in [0.15, 0.2) is 48.7 Å². The first kappa shape index (κ1) is 13.1. The molecule has 3 heteroatoms. The number of hydrogen-bond acceptors (Lipinski definition) is 2. The van der Waals surface area contributed by atoms with Crippen molar-refractivity contribution in [1.82, 2.24) is 10.3 Å². The van der Waals surface area contributed by atoms with Gasteiger partial charge in [0, 0.05) is 24.0 Å². The summed E-state index contributed by atoms with van der Waals surface area (Å²) in [5, 5.41) is 4.57. The van der Waals surface area contributed by atoms with Gasteiger partial charge in [-0.1, -0.05) is 36.4 Å². The number of para-hydroxylation sites is 1. The lowest BCUT2D eigenvalue weighted by Gasteiger charge is -2.05. The largest absolute Gasteiger partial charge is 0.313 e. The fourth-order valence-electron chi connectivity index (χ4n) is 1.92. The van der Waals surface area contributed by atoms with E-state index in [1.807, 2.05) is 24.4 Å². The smallest absolute Gasteiger partial charge is 0.0734 e. The fourth-order valence-corrected chi connectivity index (χ4v) is 2.05. The van der Waals surface area contributed by atoms with Crippen molar-refractivity contribution >= 4 is 22.5 Å². The van der Waals surface area contributed by atoms with Crippen LogP contribution in [0.3, 0.4) is 0 Å². The summed E-state index contributed by atoms with van der Waals surface area (Å²) in [6, 6.07) is 10.4. The molecule has 0 atom stereocenters. The van der Waals surface area contributed by atoms with Crippen LogP contribution in [0.5, 0.6) is 0 Å². The van der Waals surface area contributed by atoms with E-state index < -0.39 is 0 Å². The Morgan fingerprint density at radius 2 is 2.06 bits per heavy atom. The predicted molar refractivity (Wildman–Crippen MR) is 78.2 cm³/mol. The number of benzene rings is 1. The number of rotatable bonds is 6. The van der Waals surface area contributed by atoms with E-state index in [1.165, 1.54) is 10.9 Å². The number of halogens is 1. The number of hydrogen-bond donors (Lipinski definition) is 1. The van der Waals surface area contributed by atoms with E-state index in [4.69, 9.17) is 11.6 Å². The number of alkyl halides is 1. The molecule has 0 aliphatic carbocycles. The van der Waals surface area contributed by atoms with E-state index in [2.05, 4.69) is 34.6 Å². The summed E-state index contributed by atoms with van der Waals surface area (Å²) < 4.78 is 0. The summed E-state index contributed by atoms with van der Waals surface area (Å²) in [6.07, 6.45) is 6.84. The van der Waals surface area contributed by atoms with Crippen LogP contribution in [-0.4, -0.2) is 24.0 Å². The molecule has 0 aliphatic rings. The minimum atomic E-state index is 0.578. The third-order valence-corrected chi connectivity index (χ3v) is 2.98. The van der Waals surface area contributed by atoms with Gasteiger partial charge in [-0.05, 0) is 24.6 Å². The highest BCUT2D eigenvalue weighted by molar-refractivity contribution is 6.18. The molecular weight excluding hydrogens is 244 g/mol. The van der Waals surface area contributed by atoms with Crippen LogP contribution in [0, 0.1) is 0 Å². The quantitative estimate of drug-likeness (QED) is 0.490. The van der Waals surface area contributed by atoms with Crippen LogP contribution in [-0.2, 0) is 6.42 Å². The molecule has 0 radical (unpaired) electrons. The Morgan fingerprint density at radius 3 is 2.94 bits per heavy atom. The maximum Gasteiger partial charge on any atom is 0.0734 e. The average molecular weight is 261 g/mol. The zero-order valence-corrected chi connectivity index (χ0v) is 11.0. The number of nitrogens with zero attached hydrogens (tertiary/aromatic N) is 1. The van der Waals surface area contributed by atoms with Crippen LogP contribution < -0.4 is 5.32 Å².